The van der Waals surface area contributed by atoms with E-state index >= 15 is 0 Å². The number of nitrogens with one attached hydrogen (secondary N) is 3. The van der Waals surface area contributed by atoms with E-state index in [4.69, 9.17) is 0 Å². The van der Waals surface area contributed by atoms with Crippen LogP contribution >= 0.6 is 0 Å². The standard InChI is InChI=1S/C21H25N3O2/c25-20(23-19-7-3-5-15-4-1-2-6-18(15)19)14-24-12-10-17(11-13-24)22-21(26)16-8-9-16/h1-7,16-17H,8-14H2,(H,22,26)(H,23,25)/p+1. The Morgan fingerprint density at radius 3 is 2.46 bits per heavy atom. The number of quaternary nitrogens is 1. The van der Waals surface area contributed by atoms with Crippen molar-refractivity contribution >= 4 is 28.3 Å². The first kappa shape index (κ1) is 17.0. The van der Waals surface area contributed by atoms with E-state index in [9.17, 15) is 9.59 Å². The zero-order valence-corrected chi connectivity index (χ0v) is 15.0. The lowest BCUT2D eigenvalue weighted by molar-refractivity contribution is -0.897. The molecule has 2 aromatic rings. The van der Waals surface area contributed by atoms with E-state index in [1.165, 1.54) is 4.90 Å². The lowest BCUT2D eigenvalue weighted by Crippen LogP contribution is -3.14. The monoisotopic (exact) mass is 352 g/mol. The average molecular weight is 352 g/mol. The SMILES string of the molecule is O=C(C[NH+]1CCC(NC(=O)C2CC2)CC1)Nc1cccc2ccccc12. The molecule has 0 unspecified atom stereocenters. The fourth-order valence-electron chi connectivity index (χ4n) is 3.77. The molecule has 0 aromatic heterocycles. The number of hydrogen-bond acceptors (Lipinski definition) is 2. The molecule has 2 aliphatic rings. The van der Waals surface area contributed by atoms with Crippen LogP contribution in [0.4, 0.5) is 5.69 Å². The Bertz CT molecular complexity index is 803. The Hall–Kier alpha value is -2.40. The van der Waals surface area contributed by atoms with E-state index in [-0.39, 0.29) is 23.8 Å². The molecule has 0 bridgehead atoms. The summed E-state index contributed by atoms with van der Waals surface area (Å²) in [5, 5.41) is 8.43. The third-order valence-electron chi connectivity index (χ3n) is 5.46. The number of benzene rings is 2. The van der Waals surface area contributed by atoms with Gasteiger partial charge < -0.3 is 15.5 Å². The van der Waals surface area contributed by atoms with E-state index in [2.05, 4.69) is 22.8 Å². The molecule has 26 heavy (non-hydrogen) atoms. The number of fused-ring (bicyclic) bond motifs is 1. The summed E-state index contributed by atoms with van der Waals surface area (Å²) in [6.45, 7) is 2.34. The predicted molar refractivity (Wildman–Crippen MR) is 102 cm³/mol. The number of likely N-dealkylation sites (tertiary alicyclic amines) is 1. The average Bonchev–Trinajstić information content (AvgIpc) is 3.49. The van der Waals surface area contributed by atoms with Crippen molar-refractivity contribution in [1.82, 2.24) is 5.32 Å². The molecule has 0 radical (unpaired) electrons. The number of amides is 2. The molecule has 1 heterocycles. The molecule has 1 saturated heterocycles. The van der Waals surface area contributed by atoms with Gasteiger partial charge in [0.05, 0.1) is 13.1 Å². The third kappa shape index (κ3) is 4.05. The molecule has 1 aliphatic heterocycles. The van der Waals surface area contributed by atoms with E-state index in [0.717, 1.165) is 55.2 Å². The molecule has 5 heteroatoms. The Morgan fingerprint density at radius 2 is 1.69 bits per heavy atom. The van der Waals surface area contributed by atoms with Gasteiger partial charge in [-0.1, -0.05) is 36.4 Å². The van der Waals surface area contributed by atoms with Gasteiger partial charge in [-0.25, -0.2) is 0 Å². The highest BCUT2D eigenvalue weighted by molar-refractivity contribution is 6.02. The number of rotatable bonds is 5. The van der Waals surface area contributed by atoms with Crippen LogP contribution in [-0.2, 0) is 9.59 Å². The van der Waals surface area contributed by atoms with Crippen LogP contribution in [0.25, 0.3) is 10.8 Å². The van der Waals surface area contributed by atoms with Crippen LogP contribution in [0, 0.1) is 5.92 Å². The van der Waals surface area contributed by atoms with Crippen LogP contribution in [0.2, 0.25) is 0 Å². The van der Waals surface area contributed by atoms with Crippen molar-refractivity contribution in [1.29, 1.82) is 0 Å². The smallest absolute Gasteiger partial charge is 0.279 e. The fraction of sp³-hybridized carbons (Fsp3) is 0.429. The maximum absolute atomic E-state index is 12.5. The molecule has 1 saturated carbocycles. The molecule has 5 nitrogen and oxygen atoms in total. The summed E-state index contributed by atoms with van der Waals surface area (Å²) in [6, 6.07) is 14.3. The predicted octanol–water partition coefficient (Wildman–Crippen LogP) is 1.35. The maximum Gasteiger partial charge on any atom is 0.279 e. The summed E-state index contributed by atoms with van der Waals surface area (Å²) < 4.78 is 0. The molecule has 136 valence electrons. The molecule has 3 N–H and O–H groups in total. The van der Waals surface area contributed by atoms with Crippen molar-refractivity contribution < 1.29 is 14.5 Å². The Balaban J connectivity index is 1.28. The summed E-state index contributed by atoms with van der Waals surface area (Å²) >= 11 is 0. The maximum atomic E-state index is 12.5. The molecule has 0 spiro atoms. The Labute approximate surface area is 153 Å². The highest BCUT2D eigenvalue weighted by Gasteiger charge is 2.32. The van der Waals surface area contributed by atoms with Gasteiger partial charge >= 0.3 is 0 Å². The highest BCUT2D eigenvalue weighted by Crippen LogP contribution is 2.29. The second kappa shape index (κ2) is 7.46. The van der Waals surface area contributed by atoms with Crippen LogP contribution in [0.1, 0.15) is 25.7 Å². The zero-order chi connectivity index (χ0) is 17.9. The summed E-state index contributed by atoms with van der Waals surface area (Å²) in [6.07, 6.45) is 4.00. The molecule has 0 atom stereocenters. The van der Waals surface area contributed by atoms with Gasteiger partial charge in [-0.05, 0) is 24.3 Å². The van der Waals surface area contributed by atoms with Crippen molar-refractivity contribution in [3.8, 4) is 0 Å². The molecule has 2 fully saturated rings. The van der Waals surface area contributed by atoms with Gasteiger partial charge in [0.15, 0.2) is 6.54 Å². The molecular weight excluding hydrogens is 326 g/mol. The highest BCUT2D eigenvalue weighted by atomic mass is 16.2. The first-order valence-electron chi connectivity index (χ1n) is 9.60. The first-order valence-corrected chi connectivity index (χ1v) is 9.60. The van der Waals surface area contributed by atoms with Crippen molar-refractivity contribution in [2.75, 3.05) is 25.0 Å². The van der Waals surface area contributed by atoms with E-state index in [1.807, 2.05) is 30.3 Å². The number of anilines is 1. The van der Waals surface area contributed by atoms with Gasteiger partial charge in [-0.15, -0.1) is 0 Å². The van der Waals surface area contributed by atoms with Crippen molar-refractivity contribution in [3.63, 3.8) is 0 Å². The minimum absolute atomic E-state index is 0.0526. The van der Waals surface area contributed by atoms with E-state index in [0.29, 0.717) is 6.54 Å². The minimum atomic E-state index is 0.0526. The normalized spacial score (nSPS) is 22.8. The number of carbonyl (C=O) groups excluding carboxylic acids is 2. The van der Waals surface area contributed by atoms with Crippen LogP contribution in [0.15, 0.2) is 42.5 Å². The third-order valence-corrected chi connectivity index (χ3v) is 5.46. The topological polar surface area (TPSA) is 62.6 Å². The lowest BCUT2D eigenvalue weighted by Gasteiger charge is -2.29. The number of carbonyl (C=O) groups is 2. The molecular formula is C21H26N3O2+. The Kier molecular flexibility index (Phi) is 4.89. The molecule has 2 amide bonds. The zero-order valence-electron chi connectivity index (χ0n) is 15.0. The van der Waals surface area contributed by atoms with Crippen LogP contribution in [0.5, 0.6) is 0 Å². The Morgan fingerprint density at radius 1 is 0.962 bits per heavy atom. The van der Waals surface area contributed by atoms with Crippen LogP contribution in [0.3, 0.4) is 0 Å². The van der Waals surface area contributed by atoms with E-state index in [1.54, 1.807) is 0 Å². The first-order chi connectivity index (χ1) is 12.7. The summed E-state index contributed by atoms with van der Waals surface area (Å²) in [4.78, 5) is 25.6. The van der Waals surface area contributed by atoms with Crippen LogP contribution < -0.4 is 15.5 Å². The molecule has 1 aliphatic carbocycles. The second-order valence-electron chi connectivity index (χ2n) is 7.56. The van der Waals surface area contributed by atoms with Gasteiger partial charge in [0.1, 0.15) is 0 Å². The summed E-state index contributed by atoms with van der Waals surface area (Å²) in [5.74, 6) is 0.552. The largest absolute Gasteiger partial charge is 0.353 e. The number of piperidine rings is 1. The van der Waals surface area contributed by atoms with Gasteiger partial charge in [-0.2, -0.15) is 0 Å². The second-order valence-corrected chi connectivity index (χ2v) is 7.56. The van der Waals surface area contributed by atoms with Crippen LogP contribution in [-0.4, -0.2) is 37.5 Å². The van der Waals surface area contributed by atoms with Gasteiger partial charge in [-0.3, -0.25) is 9.59 Å². The van der Waals surface area contributed by atoms with Gasteiger partial charge in [0, 0.05) is 35.9 Å². The quantitative estimate of drug-likeness (QED) is 0.761. The minimum Gasteiger partial charge on any atom is -0.353 e. The summed E-state index contributed by atoms with van der Waals surface area (Å²) in [5.41, 5.74) is 0.874. The lowest BCUT2D eigenvalue weighted by atomic mass is 10.0. The van der Waals surface area contributed by atoms with Crippen molar-refractivity contribution in [3.05, 3.63) is 42.5 Å². The fourth-order valence-corrected chi connectivity index (χ4v) is 3.77. The molecule has 4 rings (SSSR count). The number of hydrogen-bond donors (Lipinski definition) is 3. The summed E-state index contributed by atoms with van der Waals surface area (Å²) in [7, 11) is 0. The van der Waals surface area contributed by atoms with Crippen molar-refractivity contribution in [2.45, 2.75) is 31.7 Å². The van der Waals surface area contributed by atoms with Crippen molar-refractivity contribution in [2.24, 2.45) is 5.92 Å². The van der Waals surface area contributed by atoms with Gasteiger partial charge in [0.2, 0.25) is 5.91 Å². The molecule has 2 aromatic carbocycles. The van der Waals surface area contributed by atoms with E-state index < -0.39 is 0 Å². The van der Waals surface area contributed by atoms with Gasteiger partial charge in [0.25, 0.3) is 5.91 Å².